The van der Waals surface area contributed by atoms with E-state index in [1.54, 1.807) is 4.90 Å². The van der Waals surface area contributed by atoms with Crippen LogP contribution in [0.3, 0.4) is 0 Å². The van der Waals surface area contributed by atoms with Crippen molar-refractivity contribution in [3.63, 3.8) is 0 Å². The first-order valence-corrected chi connectivity index (χ1v) is 11.1. The molecular weight excluding hydrogens is 418 g/mol. The van der Waals surface area contributed by atoms with Crippen molar-refractivity contribution in [2.75, 3.05) is 38.6 Å². The highest BCUT2D eigenvalue weighted by molar-refractivity contribution is 6.19. The van der Waals surface area contributed by atoms with Gasteiger partial charge in [-0.25, -0.2) is 0 Å². The largest absolute Gasteiger partial charge is 0.369 e. The van der Waals surface area contributed by atoms with E-state index in [0.29, 0.717) is 31.1 Å². The Balaban J connectivity index is 1.52. The van der Waals surface area contributed by atoms with Crippen molar-refractivity contribution >= 4 is 24.2 Å². The Kier molecular flexibility index (Phi) is 7.49. The summed E-state index contributed by atoms with van der Waals surface area (Å²) in [6, 6.07) is 18.2. The van der Waals surface area contributed by atoms with Crippen LogP contribution in [0.4, 0.5) is 5.69 Å². The van der Waals surface area contributed by atoms with Crippen molar-refractivity contribution in [2.45, 2.75) is 19.1 Å². The lowest BCUT2D eigenvalue weighted by Crippen LogP contribution is -2.34. The molecule has 0 bridgehead atoms. The minimum Gasteiger partial charge on any atom is -0.369 e. The smallest absolute Gasteiger partial charge is 0.263 e. The summed E-state index contributed by atoms with van der Waals surface area (Å²) < 4.78 is 6.31. The minimum absolute atomic E-state index is 0.0106. The van der Waals surface area contributed by atoms with Crippen LogP contribution >= 0.6 is 0 Å². The number of hydrogen-bond donors (Lipinski definition) is 1. The van der Waals surface area contributed by atoms with E-state index in [4.69, 9.17) is 9.57 Å². The summed E-state index contributed by atoms with van der Waals surface area (Å²) in [6.45, 7) is 2.48. The number of carbonyl (C=O) groups excluding carboxylic acids is 1. The average molecular weight is 448 g/mol. The highest BCUT2D eigenvalue weighted by Gasteiger charge is 2.28. The fourth-order valence-electron chi connectivity index (χ4n) is 3.92. The standard InChI is InChI=1S/C25H29N5O3/c1-26-12-11-23(20-8-4-3-5-9-20)32-17-19-7-6-10-21(15-19)30-14-13-29(2)24-22(25(30)31)16-28-33-18-27-24/h3-10,15-16,18,23,26H,11-14,17H2,1-2H3. The molecule has 172 valence electrons. The van der Waals surface area contributed by atoms with Crippen LogP contribution in [0.25, 0.3) is 0 Å². The van der Waals surface area contributed by atoms with Gasteiger partial charge in [-0.1, -0.05) is 47.6 Å². The highest BCUT2D eigenvalue weighted by Crippen LogP contribution is 2.26. The van der Waals surface area contributed by atoms with E-state index in [1.165, 1.54) is 12.6 Å². The molecule has 0 spiro atoms. The molecule has 0 aliphatic carbocycles. The molecule has 2 aliphatic rings. The van der Waals surface area contributed by atoms with Crippen molar-refractivity contribution in [2.24, 2.45) is 10.1 Å². The van der Waals surface area contributed by atoms with E-state index in [-0.39, 0.29) is 12.0 Å². The molecule has 2 aliphatic heterocycles. The van der Waals surface area contributed by atoms with Gasteiger partial charge in [0.1, 0.15) is 11.4 Å². The van der Waals surface area contributed by atoms with E-state index in [0.717, 1.165) is 29.8 Å². The van der Waals surface area contributed by atoms with Gasteiger partial charge in [0.25, 0.3) is 5.91 Å². The summed E-state index contributed by atoms with van der Waals surface area (Å²) >= 11 is 0. The van der Waals surface area contributed by atoms with E-state index in [1.807, 2.05) is 61.5 Å². The van der Waals surface area contributed by atoms with Gasteiger partial charge < -0.3 is 24.7 Å². The monoisotopic (exact) mass is 447 g/mol. The summed E-state index contributed by atoms with van der Waals surface area (Å²) in [7, 11) is 3.85. The maximum atomic E-state index is 13.3. The zero-order chi connectivity index (χ0) is 23.0. The quantitative estimate of drug-likeness (QED) is 0.673. The topological polar surface area (TPSA) is 78.8 Å². The van der Waals surface area contributed by atoms with Gasteiger partial charge in [-0.2, -0.15) is 4.99 Å². The lowest BCUT2D eigenvalue weighted by Gasteiger charge is -2.23. The number of nitrogens with one attached hydrogen (secondary N) is 1. The van der Waals surface area contributed by atoms with Crippen molar-refractivity contribution in [3.05, 3.63) is 77.1 Å². The number of aliphatic imine (C=N–C) groups is 1. The number of hydrogen-bond acceptors (Lipinski definition) is 7. The fourth-order valence-corrected chi connectivity index (χ4v) is 3.92. The second-order valence-electron chi connectivity index (χ2n) is 7.96. The lowest BCUT2D eigenvalue weighted by molar-refractivity contribution is -0.114. The van der Waals surface area contributed by atoms with E-state index in [2.05, 4.69) is 27.6 Å². The van der Waals surface area contributed by atoms with Crippen LogP contribution in [0.15, 0.2) is 76.1 Å². The van der Waals surface area contributed by atoms with Crippen LogP contribution in [0.1, 0.15) is 23.7 Å². The molecule has 0 saturated heterocycles. The number of likely N-dealkylation sites (N-methyl/N-ethyl adjacent to an activating group) is 1. The summed E-state index contributed by atoms with van der Waals surface area (Å²) in [5.41, 5.74) is 3.39. The van der Waals surface area contributed by atoms with E-state index < -0.39 is 0 Å². The van der Waals surface area contributed by atoms with Crippen LogP contribution < -0.4 is 10.2 Å². The molecule has 33 heavy (non-hydrogen) atoms. The second kappa shape index (κ2) is 10.9. The van der Waals surface area contributed by atoms with Crippen LogP contribution in [-0.2, 0) is 21.0 Å². The molecular formula is C25H29N5O3. The van der Waals surface area contributed by atoms with Crippen molar-refractivity contribution < 1.29 is 14.4 Å². The Bertz CT molecular complexity index is 1050. The van der Waals surface area contributed by atoms with Gasteiger partial charge in [-0.15, -0.1) is 0 Å². The SMILES string of the molecule is CNCCC(OCc1cccc(N2CCN(C)C3=C(C=NOC=N3)C2=O)c1)c1ccccc1. The van der Waals surface area contributed by atoms with Crippen LogP contribution in [-0.4, -0.2) is 57.2 Å². The number of oxime groups is 1. The number of rotatable bonds is 8. The van der Waals surface area contributed by atoms with Gasteiger partial charge in [0.15, 0.2) is 0 Å². The molecule has 8 heteroatoms. The molecule has 1 unspecified atom stereocenters. The fraction of sp³-hybridized carbons (Fsp3) is 0.320. The van der Waals surface area contributed by atoms with Crippen LogP contribution in [0, 0.1) is 0 Å². The Labute approximate surface area is 194 Å². The maximum Gasteiger partial charge on any atom is 0.263 e. The molecule has 1 N–H and O–H groups in total. The first-order valence-electron chi connectivity index (χ1n) is 11.1. The third-order valence-corrected chi connectivity index (χ3v) is 5.70. The first-order chi connectivity index (χ1) is 16.2. The van der Waals surface area contributed by atoms with Gasteiger partial charge in [-0.3, -0.25) is 4.79 Å². The van der Waals surface area contributed by atoms with Crippen LogP contribution in [0.5, 0.6) is 0 Å². The molecule has 0 fully saturated rings. The third-order valence-electron chi connectivity index (χ3n) is 5.70. The summed E-state index contributed by atoms with van der Waals surface area (Å²) in [5, 5.41) is 7.00. The van der Waals surface area contributed by atoms with Gasteiger partial charge in [0, 0.05) is 25.8 Å². The zero-order valence-electron chi connectivity index (χ0n) is 19.0. The molecule has 8 nitrogen and oxygen atoms in total. The molecule has 2 aromatic carbocycles. The number of nitrogens with zero attached hydrogens (tertiary/aromatic N) is 4. The Hall–Kier alpha value is -3.49. The number of ether oxygens (including phenoxy) is 1. The third kappa shape index (κ3) is 5.47. The van der Waals surface area contributed by atoms with Gasteiger partial charge in [-0.05, 0) is 43.3 Å². The first kappa shape index (κ1) is 22.7. The van der Waals surface area contributed by atoms with E-state index in [9.17, 15) is 4.79 Å². The normalized spacial score (nSPS) is 16.8. The Morgan fingerprint density at radius 3 is 2.82 bits per heavy atom. The molecule has 4 rings (SSSR count). The predicted octanol–water partition coefficient (Wildman–Crippen LogP) is 3.09. The number of amides is 1. The average Bonchev–Trinajstić information content (AvgIpc) is 3.16. The molecule has 1 amide bonds. The number of carbonyl (C=O) groups is 1. The highest BCUT2D eigenvalue weighted by atomic mass is 16.6. The second-order valence-corrected chi connectivity index (χ2v) is 7.96. The molecule has 1 atom stereocenters. The predicted molar refractivity (Wildman–Crippen MR) is 129 cm³/mol. The summed E-state index contributed by atoms with van der Waals surface area (Å²) in [5.74, 6) is 0.397. The summed E-state index contributed by atoms with van der Waals surface area (Å²) in [4.78, 5) is 26.2. The lowest BCUT2D eigenvalue weighted by atomic mass is 10.1. The van der Waals surface area contributed by atoms with Gasteiger partial charge in [0.2, 0.25) is 6.40 Å². The van der Waals surface area contributed by atoms with Crippen LogP contribution in [0.2, 0.25) is 0 Å². The minimum atomic E-state index is -0.157. The van der Waals surface area contributed by atoms with Crippen molar-refractivity contribution in [1.29, 1.82) is 0 Å². The molecule has 0 aromatic heterocycles. The zero-order valence-corrected chi connectivity index (χ0v) is 19.0. The Morgan fingerprint density at radius 2 is 2.00 bits per heavy atom. The molecule has 0 radical (unpaired) electrons. The molecule has 0 saturated carbocycles. The van der Waals surface area contributed by atoms with Gasteiger partial charge in [0.05, 0.1) is 18.9 Å². The molecule has 2 heterocycles. The Morgan fingerprint density at radius 1 is 1.15 bits per heavy atom. The number of benzene rings is 2. The number of anilines is 1. The van der Waals surface area contributed by atoms with E-state index >= 15 is 0 Å². The van der Waals surface area contributed by atoms with Crippen molar-refractivity contribution in [1.82, 2.24) is 10.2 Å². The van der Waals surface area contributed by atoms with Gasteiger partial charge >= 0.3 is 0 Å². The maximum absolute atomic E-state index is 13.3. The van der Waals surface area contributed by atoms with Crippen molar-refractivity contribution in [3.8, 4) is 0 Å². The summed E-state index contributed by atoms with van der Waals surface area (Å²) in [6.07, 6.45) is 3.53. The molecule has 2 aromatic rings.